The van der Waals surface area contributed by atoms with E-state index in [9.17, 15) is 8.78 Å². The van der Waals surface area contributed by atoms with Gasteiger partial charge in [-0.2, -0.15) is 0 Å². The number of hydrogen-bond donors (Lipinski definition) is 3. The lowest BCUT2D eigenvalue weighted by Crippen LogP contribution is -2.03. The largest absolute Gasteiger partial charge is 0.492 e. The van der Waals surface area contributed by atoms with Crippen LogP contribution < -0.4 is 15.8 Å². The Morgan fingerprint density at radius 2 is 1.87 bits per heavy atom. The van der Waals surface area contributed by atoms with Crippen molar-refractivity contribution in [2.75, 3.05) is 18.5 Å². The number of hydrogen-bond acceptors (Lipinski definition) is 6. The van der Waals surface area contributed by atoms with Crippen molar-refractivity contribution in [3.05, 3.63) is 90.0 Å². The summed E-state index contributed by atoms with van der Waals surface area (Å²) < 4.78 is 32.8. The van der Waals surface area contributed by atoms with Gasteiger partial charge < -0.3 is 20.8 Å². The third-order valence-corrected chi connectivity index (χ3v) is 6.08. The molecule has 3 aromatic heterocycles. The number of unbranched alkanes of at least 4 members (excludes halogenated alkanes) is 1. The maximum absolute atomic E-state index is 13.6. The van der Waals surface area contributed by atoms with E-state index in [0.717, 1.165) is 58.5 Å². The zero-order valence-corrected chi connectivity index (χ0v) is 21.0. The molecule has 0 aliphatic rings. The summed E-state index contributed by atoms with van der Waals surface area (Å²) in [6, 6.07) is 17.4. The number of nitrogens with zero attached hydrogens (tertiary/aromatic N) is 3. The van der Waals surface area contributed by atoms with Gasteiger partial charge in [0.15, 0.2) is 11.6 Å². The van der Waals surface area contributed by atoms with Crippen LogP contribution in [0.15, 0.2) is 66.9 Å². The first kappa shape index (κ1) is 25.3. The summed E-state index contributed by atoms with van der Waals surface area (Å²) in [5.41, 5.74) is 10.9. The van der Waals surface area contributed by atoms with Crippen LogP contribution in [0.25, 0.3) is 33.5 Å². The molecular formula is C29H28F2N6O. The molecule has 4 N–H and O–H groups in total. The number of nitrogens with two attached hydrogens (primary N) is 1. The Labute approximate surface area is 219 Å². The van der Waals surface area contributed by atoms with Crippen molar-refractivity contribution in [1.29, 1.82) is 0 Å². The highest BCUT2D eigenvalue weighted by molar-refractivity contribution is 5.87. The monoisotopic (exact) mass is 514 g/mol. The molecule has 3 heterocycles. The summed E-state index contributed by atoms with van der Waals surface area (Å²) >= 11 is 0. The number of aromatic amines is 1. The fourth-order valence-electron chi connectivity index (χ4n) is 4.15. The molecule has 0 radical (unpaired) electrons. The second kappa shape index (κ2) is 11.4. The highest BCUT2D eigenvalue weighted by Crippen LogP contribution is 2.32. The van der Waals surface area contributed by atoms with Gasteiger partial charge in [-0.05, 0) is 68.8 Å². The molecule has 2 aromatic carbocycles. The predicted molar refractivity (Wildman–Crippen MR) is 145 cm³/mol. The van der Waals surface area contributed by atoms with Gasteiger partial charge >= 0.3 is 0 Å². The maximum atomic E-state index is 13.6. The van der Waals surface area contributed by atoms with E-state index in [4.69, 9.17) is 15.5 Å². The molecule has 0 fully saturated rings. The van der Waals surface area contributed by atoms with Crippen LogP contribution in [0.4, 0.5) is 14.5 Å². The van der Waals surface area contributed by atoms with Gasteiger partial charge in [-0.25, -0.2) is 13.8 Å². The van der Waals surface area contributed by atoms with Crippen LogP contribution in [0.3, 0.4) is 0 Å². The van der Waals surface area contributed by atoms with E-state index in [1.54, 1.807) is 6.20 Å². The Bertz CT molecular complexity index is 1570. The number of fused-ring (bicyclic) bond motifs is 1. The molecule has 0 amide bonds. The average molecular weight is 515 g/mol. The van der Waals surface area contributed by atoms with Gasteiger partial charge in [0.1, 0.15) is 17.3 Å². The first-order valence-corrected chi connectivity index (χ1v) is 12.4. The number of aryl methyl sites for hydroxylation is 1. The number of ether oxygens (including phenoxy) is 1. The Hall–Kier alpha value is -4.37. The van der Waals surface area contributed by atoms with Crippen LogP contribution in [0.1, 0.15) is 24.4 Å². The van der Waals surface area contributed by atoms with Crippen LogP contribution in [0.2, 0.25) is 0 Å². The van der Waals surface area contributed by atoms with Gasteiger partial charge in [0.05, 0.1) is 36.3 Å². The van der Waals surface area contributed by atoms with Crippen molar-refractivity contribution in [2.24, 2.45) is 5.73 Å². The number of benzene rings is 2. The zero-order valence-electron chi connectivity index (χ0n) is 21.0. The molecule has 0 atom stereocenters. The number of imidazole rings is 1. The number of rotatable bonds is 10. The smallest absolute Gasteiger partial charge is 0.160 e. The van der Waals surface area contributed by atoms with Crippen LogP contribution in [0, 0.1) is 18.6 Å². The number of halogens is 2. The van der Waals surface area contributed by atoms with Crippen LogP contribution >= 0.6 is 0 Å². The fraction of sp³-hybridized carbons (Fsp3) is 0.207. The minimum absolute atomic E-state index is 0.278. The van der Waals surface area contributed by atoms with Crippen molar-refractivity contribution < 1.29 is 13.5 Å². The molecule has 0 aliphatic carbocycles. The third kappa shape index (κ3) is 5.78. The first-order valence-electron chi connectivity index (χ1n) is 12.4. The molecule has 0 saturated heterocycles. The molecule has 5 aromatic rings. The lowest BCUT2D eigenvalue weighted by Gasteiger charge is -2.08. The highest BCUT2D eigenvalue weighted by atomic mass is 19.2. The summed E-state index contributed by atoms with van der Waals surface area (Å²) in [5.74, 6) is -0.475. The molecule has 7 nitrogen and oxygen atoms in total. The van der Waals surface area contributed by atoms with E-state index in [-0.39, 0.29) is 6.54 Å². The molecule has 0 saturated carbocycles. The van der Waals surface area contributed by atoms with Gasteiger partial charge in [0.25, 0.3) is 0 Å². The van der Waals surface area contributed by atoms with E-state index >= 15 is 0 Å². The molecule has 9 heteroatoms. The van der Waals surface area contributed by atoms with Gasteiger partial charge in [0.2, 0.25) is 0 Å². The van der Waals surface area contributed by atoms with Crippen molar-refractivity contribution in [1.82, 2.24) is 19.9 Å². The Balaban J connectivity index is 1.48. The SMILES string of the molecule is Cc1cccc(-c2nc(CNc3ccc(F)c(F)c3)[nH]c2-c2ccc3ncc(OCCCCN)cc3c2)n1. The minimum Gasteiger partial charge on any atom is -0.492 e. The molecule has 0 aliphatic heterocycles. The second-order valence-corrected chi connectivity index (χ2v) is 8.98. The molecular weight excluding hydrogens is 486 g/mol. The molecule has 5 rings (SSSR count). The number of aromatic nitrogens is 4. The van der Waals surface area contributed by atoms with Crippen LogP contribution in [-0.4, -0.2) is 33.1 Å². The van der Waals surface area contributed by atoms with E-state index < -0.39 is 11.6 Å². The Morgan fingerprint density at radius 1 is 0.974 bits per heavy atom. The fourth-order valence-corrected chi connectivity index (χ4v) is 4.15. The average Bonchev–Trinajstić information content (AvgIpc) is 3.36. The van der Waals surface area contributed by atoms with Crippen LogP contribution in [-0.2, 0) is 6.54 Å². The first-order chi connectivity index (χ1) is 18.5. The lowest BCUT2D eigenvalue weighted by atomic mass is 10.1. The number of nitrogens with one attached hydrogen (secondary N) is 2. The van der Waals surface area contributed by atoms with E-state index in [2.05, 4.69) is 20.3 Å². The minimum atomic E-state index is -0.910. The standard InChI is InChI=1S/C29H28F2N6O/c1-18-5-4-6-26(35-18)29-28(36-27(37-29)17-33-21-8-9-23(30)24(31)15-21)19-7-10-25-20(13-19)14-22(16-34-25)38-12-3-2-11-32/h4-10,13-16,33H,2-3,11-12,17,32H2,1H3,(H,36,37). The summed E-state index contributed by atoms with van der Waals surface area (Å²) in [6.45, 7) is 3.43. The van der Waals surface area contributed by atoms with E-state index in [0.29, 0.717) is 36.1 Å². The Kier molecular flexibility index (Phi) is 7.55. The third-order valence-electron chi connectivity index (χ3n) is 6.08. The predicted octanol–water partition coefficient (Wildman–Crippen LogP) is 6.00. The molecule has 0 spiro atoms. The topological polar surface area (TPSA) is 102 Å². The maximum Gasteiger partial charge on any atom is 0.160 e. The summed E-state index contributed by atoms with van der Waals surface area (Å²) in [7, 11) is 0. The van der Waals surface area contributed by atoms with Crippen molar-refractivity contribution >= 4 is 16.6 Å². The molecule has 0 unspecified atom stereocenters. The number of anilines is 1. The van der Waals surface area contributed by atoms with Gasteiger partial charge in [-0.15, -0.1) is 0 Å². The zero-order chi connectivity index (χ0) is 26.5. The van der Waals surface area contributed by atoms with Gasteiger partial charge in [-0.1, -0.05) is 12.1 Å². The highest BCUT2D eigenvalue weighted by Gasteiger charge is 2.16. The van der Waals surface area contributed by atoms with E-state index in [1.165, 1.54) is 6.07 Å². The summed E-state index contributed by atoms with van der Waals surface area (Å²) in [6.07, 6.45) is 3.52. The molecule has 0 bridgehead atoms. The van der Waals surface area contributed by atoms with Crippen molar-refractivity contribution in [3.8, 4) is 28.4 Å². The van der Waals surface area contributed by atoms with Crippen molar-refractivity contribution in [2.45, 2.75) is 26.3 Å². The van der Waals surface area contributed by atoms with Gasteiger partial charge in [-0.3, -0.25) is 9.97 Å². The summed E-state index contributed by atoms with van der Waals surface area (Å²) in [5, 5.41) is 4.02. The number of pyridine rings is 2. The summed E-state index contributed by atoms with van der Waals surface area (Å²) in [4.78, 5) is 17.4. The quantitative estimate of drug-likeness (QED) is 0.198. The number of H-pyrrole nitrogens is 1. The van der Waals surface area contributed by atoms with Crippen molar-refractivity contribution in [3.63, 3.8) is 0 Å². The second-order valence-electron chi connectivity index (χ2n) is 8.98. The normalized spacial score (nSPS) is 11.2. The van der Waals surface area contributed by atoms with Gasteiger partial charge in [0, 0.05) is 28.4 Å². The lowest BCUT2D eigenvalue weighted by molar-refractivity contribution is 0.307. The molecule has 38 heavy (non-hydrogen) atoms. The Morgan fingerprint density at radius 3 is 2.68 bits per heavy atom. The van der Waals surface area contributed by atoms with Crippen LogP contribution in [0.5, 0.6) is 5.75 Å². The van der Waals surface area contributed by atoms with E-state index in [1.807, 2.05) is 49.4 Å². The molecule has 194 valence electrons.